The number of nitrogens with one attached hydrogen (secondary N) is 1. The van der Waals surface area contributed by atoms with Crippen LogP contribution in [0.15, 0.2) is 0 Å². The highest BCUT2D eigenvalue weighted by Crippen LogP contribution is 2.34. The third-order valence-corrected chi connectivity index (χ3v) is 3.20. The van der Waals surface area contributed by atoms with Gasteiger partial charge in [0.2, 0.25) is 5.91 Å². The molecule has 0 aromatic heterocycles. The Balaban J connectivity index is 2.41. The van der Waals surface area contributed by atoms with Gasteiger partial charge in [0.25, 0.3) is 0 Å². The van der Waals surface area contributed by atoms with E-state index in [-0.39, 0.29) is 17.7 Å². The number of hydrogen-bond acceptors (Lipinski definition) is 5. The zero-order chi connectivity index (χ0) is 13.1. The van der Waals surface area contributed by atoms with Gasteiger partial charge in [0.1, 0.15) is 0 Å². The molecule has 0 aromatic carbocycles. The molecule has 1 unspecified atom stereocenters. The fraction of sp³-hybridized carbons (Fsp3) is 0.818. The van der Waals surface area contributed by atoms with Gasteiger partial charge in [-0.2, -0.15) is 0 Å². The van der Waals surface area contributed by atoms with E-state index < -0.39 is 5.97 Å². The lowest BCUT2D eigenvalue weighted by Gasteiger charge is -2.26. The fourth-order valence-electron chi connectivity index (χ4n) is 1.91. The molecule has 6 nitrogen and oxygen atoms in total. The molecule has 1 aliphatic rings. The SMILES string of the molecule is CC(C)(C)C1CC(=O)N(CCC(=O)ONN)C1. The number of rotatable bonds is 4. The van der Waals surface area contributed by atoms with Crippen molar-refractivity contribution in [2.45, 2.75) is 33.6 Å². The van der Waals surface area contributed by atoms with Gasteiger partial charge in [-0.3, -0.25) is 9.59 Å². The molecular formula is C11H21N3O3. The molecule has 1 rings (SSSR count). The smallest absolute Gasteiger partial charge is 0.328 e. The van der Waals surface area contributed by atoms with Crippen LogP contribution in [0.4, 0.5) is 0 Å². The summed E-state index contributed by atoms with van der Waals surface area (Å²) in [6.07, 6.45) is 0.723. The quantitative estimate of drug-likeness (QED) is 0.544. The van der Waals surface area contributed by atoms with Gasteiger partial charge in [0, 0.05) is 19.5 Å². The lowest BCUT2D eigenvalue weighted by atomic mass is 9.80. The summed E-state index contributed by atoms with van der Waals surface area (Å²) in [6.45, 7) is 7.49. The second-order valence-electron chi connectivity index (χ2n) is 5.45. The molecule has 1 heterocycles. The minimum Gasteiger partial charge on any atom is -0.356 e. The fourth-order valence-corrected chi connectivity index (χ4v) is 1.91. The lowest BCUT2D eigenvalue weighted by molar-refractivity contribution is -0.151. The Morgan fingerprint density at radius 3 is 2.71 bits per heavy atom. The number of amides is 1. The van der Waals surface area contributed by atoms with Crippen LogP contribution in [0.3, 0.4) is 0 Å². The molecule has 0 spiro atoms. The van der Waals surface area contributed by atoms with Gasteiger partial charge in [-0.1, -0.05) is 26.4 Å². The summed E-state index contributed by atoms with van der Waals surface area (Å²) in [4.78, 5) is 28.9. The first-order valence-corrected chi connectivity index (χ1v) is 5.77. The minimum absolute atomic E-state index is 0.110. The lowest BCUT2D eigenvalue weighted by Crippen LogP contribution is -2.32. The zero-order valence-corrected chi connectivity index (χ0v) is 10.7. The van der Waals surface area contributed by atoms with Crippen LogP contribution in [0.2, 0.25) is 0 Å². The van der Waals surface area contributed by atoms with Gasteiger partial charge in [0.05, 0.1) is 6.42 Å². The van der Waals surface area contributed by atoms with E-state index in [9.17, 15) is 9.59 Å². The van der Waals surface area contributed by atoms with Crippen LogP contribution in [0, 0.1) is 11.3 Å². The first-order valence-electron chi connectivity index (χ1n) is 5.77. The van der Waals surface area contributed by atoms with Crippen molar-refractivity contribution in [1.82, 2.24) is 10.5 Å². The van der Waals surface area contributed by atoms with Crippen LogP contribution in [-0.4, -0.2) is 29.9 Å². The normalized spacial score (nSPS) is 20.8. The van der Waals surface area contributed by atoms with Gasteiger partial charge < -0.3 is 9.74 Å². The van der Waals surface area contributed by atoms with Gasteiger partial charge >= 0.3 is 5.97 Å². The summed E-state index contributed by atoms with van der Waals surface area (Å²) < 4.78 is 0. The summed E-state index contributed by atoms with van der Waals surface area (Å²) in [5.74, 6) is 4.84. The Labute approximate surface area is 101 Å². The Morgan fingerprint density at radius 1 is 1.59 bits per heavy atom. The van der Waals surface area contributed by atoms with Gasteiger partial charge in [-0.25, -0.2) is 5.84 Å². The van der Waals surface area contributed by atoms with E-state index in [0.29, 0.717) is 25.4 Å². The number of nitrogens with two attached hydrogens (primary N) is 1. The maximum atomic E-state index is 11.7. The van der Waals surface area contributed by atoms with E-state index in [1.165, 1.54) is 0 Å². The molecule has 0 aromatic rings. The summed E-state index contributed by atoms with van der Waals surface area (Å²) >= 11 is 0. The Kier molecular flexibility index (Phi) is 4.47. The van der Waals surface area contributed by atoms with Crippen molar-refractivity contribution >= 4 is 11.9 Å². The van der Waals surface area contributed by atoms with E-state index in [1.807, 2.05) is 5.59 Å². The van der Waals surface area contributed by atoms with Crippen LogP contribution >= 0.6 is 0 Å². The standard InChI is InChI=1S/C11H21N3O3/c1-11(2,3)8-6-9(15)14(7-8)5-4-10(16)17-13-12/h8,13H,4-7,12H2,1-3H3. The van der Waals surface area contributed by atoms with Crippen molar-refractivity contribution in [3.8, 4) is 0 Å². The third kappa shape index (κ3) is 3.98. The molecule has 17 heavy (non-hydrogen) atoms. The van der Waals surface area contributed by atoms with Crippen molar-refractivity contribution in [3.63, 3.8) is 0 Å². The Bertz CT molecular complexity index is 299. The molecule has 98 valence electrons. The largest absolute Gasteiger partial charge is 0.356 e. The molecule has 6 heteroatoms. The van der Waals surface area contributed by atoms with E-state index in [0.717, 1.165) is 0 Å². The summed E-state index contributed by atoms with van der Waals surface area (Å²) in [6, 6.07) is 0. The third-order valence-electron chi connectivity index (χ3n) is 3.20. The van der Waals surface area contributed by atoms with Crippen LogP contribution in [-0.2, 0) is 14.4 Å². The van der Waals surface area contributed by atoms with Crippen molar-refractivity contribution in [1.29, 1.82) is 0 Å². The molecule has 1 fully saturated rings. The van der Waals surface area contributed by atoms with Gasteiger partial charge in [-0.05, 0) is 11.3 Å². The van der Waals surface area contributed by atoms with Gasteiger partial charge in [-0.15, -0.1) is 0 Å². The average Bonchev–Trinajstić information content (AvgIpc) is 2.57. The maximum Gasteiger partial charge on any atom is 0.328 e. The topological polar surface area (TPSA) is 84.7 Å². The highest BCUT2D eigenvalue weighted by atomic mass is 16.7. The number of hydrazine groups is 1. The number of carbonyl (C=O) groups is 2. The Hall–Kier alpha value is -1.14. The molecule has 1 amide bonds. The molecule has 1 atom stereocenters. The summed E-state index contributed by atoms with van der Waals surface area (Å²) in [5, 5.41) is 0. The van der Waals surface area contributed by atoms with Crippen LogP contribution < -0.4 is 11.4 Å². The van der Waals surface area contributed by atoms with Crippen molar-refractivity contribution < 1.29 is 14.4 Å². The summed E-state index contributed by atoms with van der Waals surface area (Å²) in [7, 11) is 0. The second kappa shape index (κ2) is 5.46. The van der Waals surface area contributed by atoms with Crippen LogP contribution in [0.1, 0.15) is 33.6 Å². The highest BCUT2D eigenvalue weighted by Gasteiger charge is 2.36. The molecule has 0 radical (unpaired) electrons. The van der Waals surface area contributed by atoms with E-state index in [1.54, 1.807) is 4.90 Å². The van der Waals surface area contributed by atoms with Gasteiger partial charge in [0.15, 0.2) is 0 Å². The van der Waals surface area contributed by atoms with E-state index in [4.69, 9.17) is 5.84 Å². The second-order valence-corrected chi connectivity index (χ2v) is 5.45. The summed E-state index contributed by atoms with van der Waals surface area (Å²) in [5.41, 5.74) is 1.95. The maximum absolute atomic E-state index is 11.7. The first-order chi connectivity index (χ1) is 7.84. The monoisotopic (exact) mass is 243 g/mol. The number of nitrogens with zero attached hydrogens (tertiary/aromatic N) is 1. The molecule has 0 aliphatic carbocycles. The van der Waals surface area contributed by atoms with E-state index >= 15 is 0 Å². The predicted octanol–water partition coefficient (Wildman–Crippen LogP) is 0.193. The molecule has 1 aliphatic heterocycles. The number of likely N-dealkylation sites (tertiary alicyclic amines) is 1. The number of carbonyl (C=O) groups excluding carboxylic acids is 2. The zero-order valence-electron chi connectivity index (χ0n) is 10.7. The first kappa shape index (κ1) is 13.9. The average molecular weight is 243 g/mol. The molecule has 0 saturated carbocycles. The molecule has 0 bridgehead atoms. The number of hydrogen-bond donors (Lipinski definition) is 2. The molecular weight excluding hydrogens is 222 g/mol. The van der Waals surface area contributed by atoms with Crippen molar-refractivity contribution in [2.75, 3.05) is 13.1 Å². The van der Waals surface area contributed by atoms with Crippen LogP contribution in [0.25, 0.3) is 0 Å². The highest BCUT2D eigenvalue weighted by molar-refractivity contribution is 5.79. The van der Waals surface area contributed by atoms with Crippen molar-refractivity contribution in [3.05, 3.63) is 0 Å². The predicted molar refractivity (Wildman–Crippen MR) is 62.2 cm³/mol. The van der Waals surface area contributed by atoms with E-state index in [2.05, 4.69) is 25.6 Å². The molecule has 1 saturated heterocycles. The van der Waals surface area contributed by atoms with Crippen molar-refractivity contribution in [2.24, 2.45) is 17.2 Å². The minimum atomic E-state index is -0.459. The molecule has 3 N–H and O–H groups in total. The Morgan fingerprint density at radius 2 is 2.24 bits per heavy atom. The van der Waals surface area contributed by atoms with Crippen LogP contribution in [0.5, 0.6) is 0 Å².